The Balaban J connectivity index is 1.58. The summed E-state index contributed by atoms with van der Waals surface area (Å²) in [6, 6.07) is 7.27. The van der Waals surface area contributed by atoms with Crippen LogP contribution < -0.4 is 5.32 Å². The molecule has 1 N–H and O–H groups in total. The fraction of sp³-hybridized carbons (Fsp3) is 0.409. The molecule has 174 valence electrons. The van der Waals surface area contributed by atoms with E-state index in [0.29, 0.717) is 42.5 Å². The lowest BCUT2D eigenvalue weighted by atomic mass is 10.1. The summed E-state index contributed by atoms with van der Waals surface area (Å²) < 4.78 is 20.6. The van der Waals surface area contributed by atoms with E-state index in [1.807, 2.05) is 18.4 Å². The number of tetrazole rings is 1. The Labute approximate surface area is 190 Å². The van der Waals surface area contributed by atoms with Crippen LogP contribution in [0.2, 0.25) is 0 Å². The molecule has 1 aliphatic rings. The van der Waals surface area contributed by atoms with Gasteiger partial charge in [-0.3, -0.25) is 9.59 Å². The SMILES string of the molecule is CCN(Cc1nnn(C)n1)C(=O)c1cc(C(=O)N[C@H](C)c2ccc(F)cc2)n2c1COCC2. The molecule has 0 saturated carbocycles. The number of ether oxygens (including phenoxy) is 1. The second-order valence-corrected chi connectivity index (χ2v) is 7.86. The van der Waals surface area contributed by atoms with Crippen molar-refractivity contribution < 1.29 is 18.7 Å². The summed E-state index contributed by atoms with van der Waals surface area (Å²) in [5.41, 5.74) is 2.25. The van der Waals surface area contributed by atoms with Crippen LogP contribution >= 0.6 is 0 Å². The quantitative estimate of drug-likeness (QED) is 0.583. The van der Waals surface area contributed by atoms with Crippen LogP contribution in [0.25, 0.3) is 0 Å². The van der Waals surface area contributed by atoms with E-state index in [9.17, 15) is 14.0 Å². The van der Waals surface area contributed by atoms with E-state index < -0.39 is 0 Å². The van der Waals surface area contributed by atoms with Crippen molar-refractivity contribution >= 4 is 11.8 Å². The maximum absolute atomic E-state index is 13.4. The van der Waals surface area contributed by atoms with Gasteiger partial charge in [-0.2, -0.15) is 4.80 Å². The number of aromatic nitrogens is 5. The lowest BCUT2D eigenvalue weighted by Crippen LogP contribution is -2.32. The van der Waals surface area contributed by atoms with Gasteiger partial charge in [0.1, 0.15) is 11.5 Å². The molecular weight excluding hydrogens is 429 g/mol. The molecule has 0 spiro atoms. The van der Waals surface area contributed by atoms with Crippen LogP contribution in [0.5, 0.6) is 0 Å². The number of nitrogens with one attached hydrogen (secondary N) is 1. The van der Waals surface area contributed by atoms with Gasteiger partial charge >= 0.3 is 0 Å². The number of rotatable bonds is 7. The van der Waals surface area contributed by atoms with Crippen LogP contribution in [0.15, 0.2) is 30.3 Å². The van der Waals surface area contributed by atoms with Gasteiger partial charge in [-0.1, -0.05) is 12.1 Å². The fourth-order valence-electron chi connectivity index (χ4n) is 3.86. The average molecular weight is 455 g/mol. The molecule has 1 aromatic carbocycles. The molecule has 1 aliphatic heterocycles. The molecule has 3 heterocycles. The van der Waals surface area contributed by atoms with Crippen molar-refractivity contribution in [3.05, 3.63) is 64.5 Å². The van der Waals surface area contributed by atoms with Crippen molar-refractivity contribution in [2.75, 3.05) is 13.2 Å². The lowest BCUT2D eigenvalue weighted by Gasteiger charge is -2.22. The van der Waals surface area contributed by atoms with Crippen LogP contribution in [-0.4, -0.2) is 54.6 Å². The number of carbonyl (C=O) groups is 2. The largest absolute Gasteiger partial charge is 0.373 e. The Bertz CT molecular complexity index is 1160. The van der Waals surface area contributed by atoms with E-state index >= 15 is 0 Å². The molecular formula is C22H26FN7O3. The zero-order valence-corrected chi connectivity index (χ0v) is 18.8. The van der Waals surface area contributed by atoms with Crippen LogP contribution in [-0.2, 0) is 31.5 Å². The van der Waals surface area contributed by atoms with Gasteiger partial charge < -0.3 is 19.5 Å². The number of aryl methyl sites for hydroxylation is 1. The highest BCUT2D eigenvalue weighted by Crippen LogP contribution is 2.24. The maximum Gasteiger partial charge on any atom is 0.268 e. The molecule has 0 bridgehead atoms. The molecule has 0 saturated heterocycles. The molecule has 2 amide bonds. The Morgan fingerprint density at radius 1 is 1.30 bits per heavy atom. The van der Waals surface area contributed by atoms with Crippen molar-refractivity contribution in [2.45, 2.75) is 39.6 Å². The summed E-state index contributed by atoms with van der Waals surface area (Å²) in [6.45, 7) is 5.49. The topological polar surface area (TPSA) is 107 Å². The normalized spacial score (nSPS) is 13.9. The van der Waals surface area contributed by atoms with Gasteiger partial charge in [0.05, 0.1) is 44.1 Å². The van der Waals surface area contributed by atoms with E-state index in [0.717, 1.165) is 5.56 Å². The molecule has 2 aromatic heterocycles. The predicted molar refractivity (Wildman–Crippen MR) is 116 cm³/mol. The molecule has 10 nitrogen and oxygen atoms in total. The maximum atomic E-state index is 13.4. The Hall–Kier alpha value is -3.60. The van der Waals surface area contributed by atoms with Crippen molar-refractivity contribution in [1.82, 2.24) is 35.0 Å². The fourth-order valence-corrected chi connectivity index (χ4v) is 3.86. The highest BCUT2D eigenvalue weighted by molar-refractivity contribution is 6.00. The third-order valence-electron chi connectivity index (χ3n) is 5.64. The summed E-state index contributed by atoms with van der Waals surface area (Å²) in [6.07, 6.45) is 0. The second-order valence-electron chi connectivity index (χ2n) is 7.86. The third kappa shape index (κ3) is 4.77. The number of halogens is 1. The molecule has 11 heteroatoms. The number of amides is 2. The van der Waals surface area contributed by atoms with Crippen molar-refractivity contribution in [3.63, 3.8) is 0 Å². The minimum Gasteiger partial charge on any atom is -0.373 e. The Kier molecular flexibility index (Phi) is 6.50. The standard InChI is InChI=1S/C22H26FN7O3/c1-4-29(12-20-25-27-28(3)26-20)22(32)17-11-18(30-9-10-33-13-19(17)30)21(31)24-14(2)15-5-7-16(23)8-6-15/h5-8,11,14H,4,9-10,12-13H2,1-3H3,(H,24,31)/t14-/m1/s1. The van der Waals surface area contributed by atoms with Gasteiger partial charge in [0, 0.05) is 13.1 Å². The first-order valence-electron chi connectivity index (χ1n) is 10.8. The van der Waals surface area contributed by atoms with Gasteiger partial charge in [-0.05, 0) is 42.8 Å². The average Bonchev–Trinajstić information content (AvgIpc) is 3.40. The molecule has 33 heavy (non-hydrogen) atoms. The Morgan fingerprint density at radius 3 is 2.73 bits per heavy atom. The summed E-state index contributed by atoms with van der Waals surface area (Å²) in [4.78, 5) is 29.5. The predicted octanol–water partition coefficient (Wildman–Crippen LogP) is 1.83. The molecule has 0 radical (unpaired) electrons. The van der Waals surface area contributed by atoms with Crippen molar-refractivity contribution in [1.29, 1.82) is 0 Å². The van der Waals surface area contributed by atoms with Gasteiger partial charge in [-0.25, -0.2) is 4.39 Å². The zero-order chi connectivity index (χ0) is 23.5. The van der Waals surface area contributed by atoms with Crippen LogP contribution in [0.3, 0.4) is 0 Å². The van der Waals surface area contributed by atoms with Crippen LogP contribution in [0.4, 0.5) is 4.39 Å². The lowest BCUT2D eigenvalue weighted by molar-refractivity contribution is 0.0697. The number of hydrogen-bond acceptors (Lipinski definition) is 6. The summed E-state index contributed by atoms with van der Waals surface area (Å²) >= 11 is 0. The van der Waals surface area contributed by atoms with Gasteiger partial charge in [0.15, 0.2) is 5.82 Å². The summed E-state index contributed by atoms with van der Waals surface area (Å²) in [7, 11) is 1.66. The highest BCUT2D eigenvalue weighted by Gasteiger charge is 2.29. The monoisotopic (exact) mass is 455 g/mol. The van der Waals surface area contributed by atoms with Crippen LogP contribution in [0.1, 0.15) is 57.8 Å². The molecule has 0 fully saturated rings. The summed E-state index contributed by atoms with van der Waals surface area (Å²) in [5.74, 6) is -0.445. The van der Waals surface area contributed by atoms with E-state index in [2.05, 4.69) is 20.7 Å². The molecule has 1 atom stereocenters. The molecule has 3 aromatic rings. The number of hydrogen-bond donors (Lipinski definition) is 1. The van der Waals surface area contributed by atoms with Crippen molar-refractivity contribution in [2.24, 2.45) is 7.05 Å². The third-order valence-corrected chi connectivity index (χ3v) is 5.64. The number of benzene rings is 1. The van der Waals surface area contributed by atoms with Gasteiger partial charge in [0.25, 0.3) is 11.8 Å². The van der Waals surface area contributed by atoms with Crippen molar-refractivity contribution in [3.8, 4) is 0 Å². The van der Waals surface area contributed by atoms with E-state index in [1.165, 1.54) is 16.9 Å². The molecule has 0 aliphatic carbocycles. The van der Waals surface area contributed by atoms with E-state index in [-0.39, 0.29) is 36.8 Å². The number of carbonyl (C=O) groups excluding carboxylic acids is 2. The smallest absolute Gasteiger partial charge is 0.268 e. The second kappa shape index (κ2) is 9.49. The van der Waals surface area contributed by atoms with E-state index in [1.54, 1.807) is 30.1 Å². The minimum absolute atomic E-state index is 0.206. The van der Waals surface area contributed by atoms with E-state index in [4.69, 9.17) is 4.74 Å². The first-order chi connectivity index (χ1) is 15.9. The van der Waals surface area contributed by atoms with Gasteiger partial charge in [-0.15, -0.1) is 10.2 Å². The summed E-state index contributed by atoms with van der Waals surface area (Å²) in [5, 5.41) is 14.9. The Morgan fingerprint density at radius 2 is 2.06 bits per heavy atom. The minimum atomic E-state index is -0.335. The van der Waals surface area contributed by atoms with Crippen LogP contribution in [0, 0.1) is 5.82 Å². The number of fused-ring (bicyclic) bond motifs is 1. The molecule has 4 rings (SSSR count). The van der Waals surface area contributed by atoms with Gasteiger partial charge in [0.2, 0.25) is 0 Å². The highest BCUT2D eigenvalue weighted by atomic mass is 19.1. The molecule has 0 unspecified atom stereocenters. The first-order valence-corrected chi connectivity index (χ1v) is 10.8. The first kappa shape index (κ1) is 22.6. The number of nitrogens with zero attached hydrogens (tertiary/aromatic N) is 6. The zero-order valence-electron chi connectivity index (χ0n) is 18.8.